The summed E-state index contributed by atoms with van der Waals surface area (Å²) in [5, 5.41) is 3.47. The van der Waals surface area contributed by atoms with Crippen LogP contribution in [0, 0.1) is 6.92 Å². The first-order chi connectivity index (χ1) is 11.0. The summed E-state index contributed by atoms with van der Waals surface area (Å²) in [4.78, 5) is 26.2. The summed E-state index contributed by atoms with van der Waals surface area (Å²) in [5.74, 6) is -0.0893. The zero-order valence-corrected chi connectivity index (χ0v) is 15.5. The van der Waals surface area contributed by atoms with Crippen molar-refractivity contribution in [3.8, 4) is 0 Å². The second-order valence-electron chi connectivity index (χ2n) is 5.95. The van der Waals surface area contributed by atoms with Gasteiger partial charge in [0.1, 0.15) is 0 Å². The zero-order chi connectivity index (χ0) is 16.8. The molecule has 1 unspecified atom stereocenters. The van der Waals surface area contributed by atoms with Crippen molar-refractivity contribution in [1.82, 2.24) is 10.2 Å². The fourth-order valence-corrected chi connectivity index (χ4v) is 3.00. The number of nitrogens with zero attached hydrogens (tertiary/aromatic N) is 1. The number of carbonyl (C=O) groups is 2. The van der Waals surface area contributed by atoms with Gasteiger partial charge in [-0.25, -0.2) is 0 Å². The van der Waals surface area contributed by atoms with Crippen LogP contribution in [-0.4, -0.2) is 42.4 Å². The van der Waals surface area contributed by atoms with Crippen LogP contribution in [0.4, 0.5) is 0 Å². The highest BCUT2D eigenvalue weighted by Crippen LogP contribution is 2.22. The summed E-state index contributed by atoms with van der Waals surface area (Å²) in [5.41, 5.74) is 6.93. The summed E-state index contributed by atoms with van der Waals surface area (Å²) >= 11 is 6.13. The molecule has 1 heterocycles. The summed E-state index contributed by atoms with van der Waals surface area (Å²) in [6.45, 7) is 3.43. The molecule has 7 heteroatoms. The fourth-order valence-electron chi connectivity index (χ4n) is 2.82. The number of nitrogens with two attached hydrogens (primary N) is 1. The number of aryl methyl sites for hydroxylation is 1. The van der Waals surface area contributed by atoms with E-state index in [0.717, 1.165) is 24.8 Å². The average Bonchev–Trinajstić information content (AvgIpc) is 2.55. The molecular weight excluding hydrogens is 349 g/mol. The molecule has 0 spiro atoms. The molecule has 1 aliphatic rings. The fraction of sp³-hybridized carbons (Fsp3) is 0.529. The summed E-state index contributed by atoms with van der Waals surface area (Å²) in [6.07, 6.45) is 3.26. The van der Waals surface area contributed by atoms with Crippen molar-refractivity contribution >= 4 is 35.8 Å². The number of hydrogen-bond acceptors (Lipinski definition) is 3. The largest absolute Gasteiger partial charge is 0.354 e. The average molecular weight is 374 g/mol. The van der Waals surface area contributed by atoms with Gasteiger partial charge in [-0.15, -0.1) is 12.4 Å². The van der Waals surface area contributed by atoms with Gasteiger partial charge in [0.25, 0.3) is 5.91 Å². The Morgan fingerprint density at radius 3 is 2.79 bits per heavy atom. The normalized spacial score (nSPS) is 17.1. The molecule has 1 aliphatic heterocycles. The first-order valence-electron chi connectivity index (χ1n) is 8.07. The highest BCUT2D eigenvalue weighted by atomic mass is 35.5. The molecule has 5 nitrogen and oxygen atoms in total. The zero-order valence-electron chi connectivity index (χ0n) is 13.9. The van der Waals surface area contributed by atoms with Crippen LogP contribution in [0.15, 0.2) is 18.2 Å². The van der Waals surface area contributed by atoms with E-state index in [-0.39, 0.29) is 30.3 Å². The second-order valence-corrected chi connectivity index (χ2v) is 6.36. The van der Waals surface area contributed by atoms with Crippen molar-refractivity contribution in [2.75, 3.05) is 19.6 Å². The van der Waals surface area contributed by atoms with Crippen LogP contribution in [0.25, 0.3) is 0 Å². The van der Waals surface area contributed by atoms with E-state index in [9.17, 15) is 9.59 Å². The Morgan fingerprint density at radius 1 is 1.38 bits per heavy atom. The SMILES string of the molecule is Cc1ccc(C(=O)N2CCCCC2CNC(=O)CCN)cc1Cl.Cl. The number of hydrogen-bond donors (Lipinski definition) is 2. The quantitative estimate of drug-likeness (QED) is 0.832. The highest BCUT2D eigenvalue weighted by molar-refractivity contribution is 6.31. The number of amides is 2. The topological polar surface area (TPSA) is 75.4 Å². The van der Waals surface area contributed by atoms with Crippen molar-refractivity contribution in [1.29, 1.82) is 0 Å². The molecule has 0 radical (unpaired) electrons. The molecule has 1 atom stereocenters. The smallest absolute Gasteiger partial charge is 0.254 e. The first-order valence-corrected chi connectivity index (χ1v) is 8.44. The maximum absolute atomic E-state index is 12.8. The van der Waals surface area contributed by atoms with E-state index in [4.69, 9.17) is 17.3 Å². The van der Waals surface area contributed by atoms with Gasteiger partial charge in [-0.2, -0.15) is 0 Å². The number of rotatable bonds is 5. The van der Waals surface area contributed by atoms with Crippen molar-refractivity contribution in [3.63, 3.8) is 0 Å². The molecule has 2 rings (SSSR count). The number of carbonyl (C=O) groups excluding carboxylic acids is 2. The molecule has 134 valence electrons. The molecule has 0 aliphatic carbocycles. The van der Waals surface area contributed by atoms with E-state index in [1.165, 1.54) is 0 Å². The molecule has 1 fully saturated rings. The van der Waals surface area contributed by atoms with Crippen LogP contribution in [0.2, 0.25) is 5.02 Å². The van der Waals surface area contributed by atoms with E-state index in [2.05, 4.69) is 5.32 Å². The van der Waals surface area contributed by atoms with Gasteiger partial charge >= 0.3 is 0 Å². The van der Waals surface area contributed by atoms with E-state index >= 15 is 0 Å². The van der Waals surface area contributed by atoms with Crippen LogP contribution in [0.1, 0.15) is 41.6 Å². The van der Waals surface area contributed by atoms with Gasteiger partial charge in [-0.1, -0.05) is 17.7 Å². The lowest BCUT2D eigenvalue weighted by molar-refractivity contribution is -0.121. The Kier molecular flexibility index (Phi) is 8.53. The van der Waals surface area contributed by atoms with Gasteiger partial charge in [0.05, 0.1) is 0 Å². The van der Waals surface area contributed by atoms with Gasteiger partial charge < -0.3 is 16.0 Å². The van der Waals surface area contributed by atoms with Crippen LogP contribution in [0.5, 0.6) is 0 Å². The monoisotopic (exact) mass is 373 g/mol. The number of halogens is 2. The number of benzene rings is 1. The Morgan fingerprint density at radius 2 is 2.12 bits per heavy atom. The molecule has 0 aromatic heterocycles. The van der Waals surface area contributed by atoms with Crippen LogP contribution in [-0.2, 0) is 4.79 Å². The van der Waals surface area contributed by atoms with Crippen molar-refractivity contribution in [2.45, 2.75) is 38.6 Å². The lowest BCUT2D eigenvalue weighted by Gasteiger charge is -2.36. The van der Waals surface area contributed by atoms with Crippen LogP contribution >= 0.6 is 24.0 Å². The van der Waals surface area contributed by atoms with Gasteiger partial charge in [-0.05, 0) is 43.9 Å². The van der Waals surface area contributed by atoms with E-state index in [1.54, 1.807) is 6.07 Å². The first kappa shape index (κ1) is 20.7. The molecule has 2 amide bonds. The number of nitrogens with one attached hydrogen (secondary N) is 1. The molecule has 0 saturated carbocycles. The van der Waals surface area contributed by atoms with Crippen molar-refractivity contribution < 1.29 is 9.59 Å². The molecular formula is C17H25Cl2N3O2. The molecule has 0 bridgehead atoms. The van der Waals surface area contributed by atoms with Gasteiger partial charge in [0.15, 0.2) is 0 Å². The van der Waals surface area contributed by atoms with Crippen LogP contribution < -0.4 is 11.1 Å². The number of piperidine rings is 1. The maximum atomic E-state index is 12.8. The lowest BCUT2D eigenvalue weighted by Crippen LogP contribution is -2.49. The summed E-state index contributed by atoms with van der Waals surface area (Å²) < 4.78 is 0. The third-order valence-corrected chi connectivity index (χ3v) is 4.62. The van der Waals surface area contributed by atoms with Gasteiger partial charge in [0.2, 0.25) is 5.91 Å². The minimum atomic E-state index is -0.0659. The summed E-state index contributed by atoms with van der Waals surface area (Å²) in [6, 6.07) is 5.41. The van der Waals surface area contributed by atoms with E-state index in [1.807, 2.05) is 24.0 Å². The third kappa shape index (κ3) is 5.36. The standard InChI is InChI=1S/C17H24ClN3O2.ClH/c1-12-5-6-13(10-15(12)18)17(23)21-9-3-2-4-14(21)11-20-16(22)7-8-19;/h5-6,10,14H,2-4,7-9,11,19H2,1H3,(H,20,22);1H. The Hall–Kier alpha value is -1.30. The van der Waals surface area contributed by atoms with E-state index < -0.39 is 0 Å². The maximum Gasteiger partial charge on any atom is 0.254 e. The molecule has 3 N–H and O–H groups in total. The molecule has 1 aromatic rings. The van der Waals surface area contributed by atoms with E-state index in [0.29, 0.717) is 36.6 Å². The minimum Gasteiger partial charge on any atom is -0.354 e. The lowest BCUT2D eigenvalue weighted by atomic mass is 10.00. The van der Waals surface area contributed by atoms with Crippen LogP contribution in [0.3, 0.4) is 0 Å². The minimum absolute atomic E-state index is 0. The van der Waals surface area contributed by atoms with Crippen molar-refractivity contribution in [3.05, 3.63) is 34.3 Å². The molecule has 24 heavy (non-hydrogen) atoms. The predicted molar refractivity (Wildman–Crippen MR) is 98.8 cm³/mol. The predicted octanol–water partition coefficient (Wildman–Crippen LogP) is 2.53. The second kappa shape index (κ2) is 9.87. The van der Waals surface area contributed by atoms with Gasteiger partial charge in [0, 0.05) is 42.7 Å². The Bertz CT molecular complexity index is 581. The number of likely N-dealkylation sites (tertiary alicyclic amines) is 1. The molecule has 1 aromatic carbocycles. The van der Waals surface area contributed by atoms with Gasteiger partial charge in [-0.3, -0.25) is 9.59 Å². The van der Waals surface area contributed by atoms with Crippen molar-refractivity contribution in [2.24, 2.45) is 5.73 Å². The Balaban J connectivity index is 0.00000288. The Labute approximate surface area is 154 Å². The summed E-state index contributed by atoms with van der Waals surface area (Å²) in [7, 11) is 0. The third-order valence-electron chi connectivity index (χ3n) is 4.21. The molecule has 1 saturated heterocycles. The highest BCUT2D eigenvalue weighted by Gasteiger charge is 2.27.